The van der Waals surface area contributed by atoms with Crippen LogP contribution in [-0.2, 0) is 4.79 Å². The van der Waals surface area contributed by atoms with Gasteiger partial charge in [-0.25, -0.2) is 0 Å². The molecule has 1 aromatic rings. The Kier molecular flexibility index (Phi) is 4.18. The van der Waals surface area contributed by atoms with E-state index in [0.717, 1.165) is 12.8 Å². The second-order valence-electron chi connectivity index (χ2n) is 5.17. The minimum Gasteiger partial charge on any atom is -0.399 e. The molecule has 2 N–H and O–H groups in total. The van der Waals surface area contributed by atoms with E-state index in [1.165, 1.54) is 0 Å². The van der Waals surface area contributed by atoms with Crippen LogP contribution < -0.4 is 5.73 Å². The molecule has 0 radical (unpaired) electrons. The number of nitrogens with zero attached hydrogens (tertiary/aromatic N) is 2. The third-order valence-electron chi connectivity index (χ3n) is 3.69. The number of hydrogen-bond acceptors (Lipinski definition) is 3. The molecule has 0 atom stereocenters. The Bertz CT molecular complexity index is 514. The van der Waals surface area contributed by atoms with Crippen LogP contribution in [0.4, 0.5) is 5.69 Å². The van der Waals surface area contributed by atoms with E-state index in [0.29, 0.717) is 30.4 Å². The average Bonchev–Trinajstić information content (AvgIpc) is 3.23. The number of carbonyl (C=O) groups excluding carboxylic acids is 2. The maximum Gasteiger partial charge on any atom is 0.254 e. The summed E-state index contributed by atoms with van der Waals surface area (Å²) in [6, 6.07) is 7.25. The zero-order valence-corrected chi connectivity index (χ0v) is 11.9. The van der Waals surface area contributed by atoms with Gasteiger partial charge in [-0.15, -0.1) is 12.4 Å². The van der Waals surface area contributed by atoms with E-state index in [2.05, 4.69) is 0 Å². The molecule has 1 heterocycles. The van der Waals surface area contributed by atoms with Gasteiger partial charge in [0.05, 0.1) is 0 Å². The second kappa shape index (κ2) is 5.71. The minimum absolute atomic E-state index is 0. The smallest absolute Gasteiger partial charge is 0.254 e. The van der Waals surface area contributed by atoms with Gasteiger partial charge in [0.2, 0.25) is 5.91 Å². The number of nitrogens with two attached hydrogens (primary N) is 1. The van der Waals surface area contributed by atoms with Crippen LogP contribution >= 0.6 is 12.4 Å². The van der Waals surface area contributed by atoms with Crippen molar-refractivity contribution in [3.63, 3.8) is 0 Å². The molecule has 0 unspecified atom stereocenters. The number of halogens is 1. The number of hydrogen-bond donors (Lipinski definition) is 1. The van der Waals surface area contributed by atoms with Gasteiger partial charge < -0.3 is 15.5 Å². The molecule has 20 heavy (non-hydrogen) atoms. The van der Waals surface area contributed by atoms with Gasteiger partial charge in [0.1, 0.15) is 6.54 Å². The Hall–Kier alpha value is -1.75. The Morgan fingerprint density at radius 3 is 2.35 bits per heavy atom. The van der Waals surface area contributed by atoms with E-state index in [-0.39, 0.29) is 30.8 Å². The lowest BCUT2D eigenvalue weighted by Crippen LogP contribution is -2.52. The Morgan fingerprint density at radius 2 is 1.80 bits per heavy atom. The molecule has 2 amide bonds. The molecule has 6 heteroatoms. The fourth-order valence-electron chi connectivity index (χ4n) is 2.44. The Labute approximate surface area is 124 Å². The molecule has 2 fully saturated rings. The van der Waals surface area contributed by atoms with Gasteiger partial charge in [0, 0.05) is 30.4 Å². The second-order valence-corrected chi connectivity index (χ2v) is 5.17. The van der Waals surface area contributed by atoms with Crippen molar-refractivity contribution in [3.8, 4) is 0 Å². The van der Waals surface area contributed by atoms with Gasteiger partial charge >= 0.3 is 0 Å². The van der Waals surface area contributed by atoms with Crippen LogP contribution in [0.1, 0.15) is 23.2 Å². The Balaban J connectivity index is 0.00000147. The number of carbonyl (C=O) groups is 2. The molecule has 0 bridgehead atoms. The van der Waals surface area contributed by atoms with Gasteiger partial charge in [-0.3, -0.25) is 9.59 Å². The van der Waals surface area contributed by atoms with Crippen molar-refractivity contribution in [2.24, 2.45) is 0 Å². The van der Waals surface area contributed by atoms with E-state index < -0.39 is 0 Å². The van der Waals surface area contributed by atoms with Crippen LogP contribution in [0.25, 0.3) is 0 Å². The predicted octanol–water partition coefficient (Wildman–Crippen LogP) is 1.14. The van der Waals surface area contributed by atoms with Gasteiger partial charge in [-0.2, -0.15) is 0 Å². The summed E-state index contributed by atoms with van der Waals surface area (Å²) in [6.45, 7) is 1.47. The van der Waals surface area contributed by atoms with Crippen molar-refractivity contribution >= 4 is 29.9 Å². The highest BCUT2D eigenvalue weighted by Gasteiger charge is 2.36. The highest BCUT2D eigenvalue weighted by atomic mass is 35.5. The molecule has 1 aromatic carbocycles. The first-order valence-electron chi connectivity index (χ1n) is 6.59. The van der Waals surface area contributed by atoms with Crippen LogP contribution in [0.3, 0.4) is 0 Å². The highest BCUT2D eigenvalue weighted by molar-refractivity contribution is 5.97. The van der Waals surface area contributed by atoms with Crippen molar-refractivity contribution in [2.75, 3.05) is 25.4 Å². The maximum absolute atomic E-state index is 12.3. The van der Waals surface area contributed by atoms with E-state index >= 15 is 0 Å². The van der Waals surface area contributed by atoms with Crippen LogP contribution in [0.2, 0.25) is 0 Å². The number of anilines is 1. The number of piperazine rings is 1. The Morgan fingerprint density at radius 1 is 1.15 bits per heavy atom. The van der Waals surface area contributed by atoms with Gasteiger partial charge in [0.15, 0.2) is 0 Å². The molecule has 0 aromatic heterocycles. The molecule has 3 rings (SSSR count). The summed E-state index contributed by atoms with van der Waals surface area (Å²) in [5.41, 5.74) is 6.82. The normalized spacial score (nSPS) is 18.7. The number of amides is 2. The SMILES string of the molecule is Cl.Nc1ccc(C(=O)N2CCN(C3CC3)C(=O)C2)cc1. The zero-order chi connectivity index (χ0) is 13.4. The minimum atomic E-state index is -0.0937. The number of rotatable bonds is 2. The third kappa shape index (κ3) is 2.88. The van der Waals surface area contributed by atoms with Gasteiger partial charge in [0.25, 0.3) is 5.91 Å². The van der Waals surface area contributed by atoms with Crippen LogP contribution in [0.15, 0.2) is 24.3 Å². The first kappa shape index (κ1) is 14.7. The summed E-state index contributed by atoms with van der Waals surface area (Å²) in [5.74, 6) is -0.0265. The fraction of sp³-hybridized carbons (Fsp3) is 0.429. The number of nitrogen functional groups attached to an aromatic ring is 1. The molecule has 1 saturated heterocycles. The largest absolute Gasteiger partial charge is 0.399 e. The first-order chi connectivity index (χ1) is 9.15. The fourth-order valence-corrected chi connectivity index (χ4v) is 2.44. The summed E-state index contributed by atoms with van der Waals surface area (Å²) in [5, 5.41) is 0. The molecule has 1 aliphatic carbocycles. The number of benzene rings is 1. The van der Waals surface area contributed by atoms with Crippen molar-refractivity contribution in [1.82, 2.24) is 9.80 Å². The van der Waals surface area contributed by atoms with E-state index in [9.17, 15) is 9.59 Å². The lowest BCUT2D eigenvalue weighted by molar-refractivity contribution is -0.135. The molecule has 5 nitrogen and oxygen atoms in total. The highest BCUT2D eigenvalue weighted by Crippen LogP contribution is 2.28. The molecular weight excluding hydrogens is 278 g/mol. The molecule has 1 aliphatic heterocycles. The monoisotopic (exact) mass is 295 g/mol. The topological polar surface area (TPSA) is 66.6 Å². The van der Waals surface area contributed by atoms with Crippen molar-refractivity contribution in [2.45, 2.75) is 18.9 Å². The standard InChI is InChI=1S/C14H17N3O2.ClH/c15-11-3-1-10(2-4-11)14(19)16-7-8-17(12-5-6-12)13(18)9-16;/h1-4,12H,5-9,15H2;1H. The molecule has 1 saturated carbocycles. The van der Waals surface area contributed by atoms with Crippen LogP contribution in [-0.4, -0.2) is 47.3 Å². The van der Waals surface area contributed by atoms with E-state index in [1.54, 1.807) is 29.2 Å². The lowest BCUT2D eigenvalue weighted by atomic mass is 10.1. The van der Waals surface area contributed by atoms with E-state index in [4.69, 9.17) is 5.73 Å². The zero-order valence-electron chi connectivity index (χ0n) is 11.1. The van der Waals surface area contributed by atoms with Gasteiger partial charge in [-0.1, -0.05) is 0 Å². The molecule has 0 spiro atoms. The summed E-state index contributed by atoms with van der Waals surface area (Å²) in [6.07, 6.45) is 2.22. The summed E-state index contributed by atoms with van der Waals surface area (Å²) in [4.78, 5) is 27.8. The summed E-state index contributed by atoms with van der Waals surface area (Å²) >= 11 is 0. The van der Waals surface area contributed by atoms with Gasteiger partial charge in [-0.05, 0) is 37.1 Å². The predicted molar refractivity (Wildman–Crippen MR) is 78.7 cm³/mol. The van der Waals surface area contributed by atoms with E-state index in [1.807, 2.05) is 4.90 Å². The lowest BCUT2D eigenvalue weighted by Gasteiger charge is -2.34. The molecule has 2 aliphatic rings. The van der Waals surface area contributed by atoms with Crippen molar-refractivity contribution in [1.29, 1.82) is 0 Å². The molecule has 108 valence electrons. The molecular formula is C14H18ClN3O2. The van der Waals surface area contributed by atoms with Crippen LogP contribution in [0, 0.1) is 0 Å². The maximum atomic E-state index is 12.3. The first-order valence-corrected chi connectivity index (χ1v) is 6.59. The van der Waals surface area contributed by atoms with Crippen molar-refractivity contribution < 1.29 is 9.59 Å². The summed E-state index contributed by atoms with van der Waals surface area (Å²) in [7, 11) is 0. The van der Waals surface area contributed by atoms with Crippen LogP contribution in [0.5, 0.6) is 0 Å². The quantitative estimate of drug-likeness (QED) is 0.832. The third-order valence-corrected chi connectivity index (χ3v) is 3.69. The summed E-state index contributed by atoms with van der Waals surface area (Å²) < 4.78 is 0. The average molecular weight is 296 g/mol. The van der Waals surface area contributed by atoms with Crippen molar-refractivity contribution in [3.05, 3.63) is 29.8 Å².